The molecule has 5 nitrogen and oxygen atoms in total. The van der Waals surface area contributed by atoms with Gasteiger partial charge in [0.25, 0.3) is 0 Å². The van der Waals surface area contributed by atoms with Crippen molar-refractivity contribution in [1.29, 1.82) is 5.26 Å². The van der Waals surface area contributed by atoms with E-state index in [9.17, 15) is 10.1 Å². The third kappa shape index (κ3) is 2.47. The standard InChI is InChI=1S/C23H15N3O2/c24-13-16(23-25-17-9-3-4-10-18(17)26-23)22(27)21-14-7-1-5-11-19(14)28-20-12-6-2-8-15(20)21/h1-12,16,21H,(H,25,26)/t16-/m1/s1. The number of Topliss-reactive ketones (excluding diaryl/α,β-unsaturated/α-hetero) is 1. The predicted molar refractivity (Wildman–Crippen MR) is 104 cm³/mol. The Morgan fingerprint density at radius 1 is 0.964 bits per heavy atom. The van der Waals surface area contributed by atoms with E-state index in [1.165, 1.54) is 0 Å². The molecule has 0 fully saturated rings. The predicted octanol–water partition coefficient (Wildman–Crippen LogP) is 4.68. The number of aromatic amines is 1. The Balaban J connectivity index is 1.63. The first-order valence-corrected chi connectivity index (χ1v) is 9.00. The number of H-pyrrole nitrogens is 1. The van der Waals surface area contributed by atoms with Crippen LogP contribution in [0.4, 0.5) is 0 Å². The van der Waals surface area contributed by atoms with Crippen molar-refractivity contribution in [2.75, 3.05) is 0 Å². The lowest BCUT2D eigenvalue weighted by molar-refractivity contribution is -0.120. The largest absolute Gasteiger partial charge is 0.457 e. The van der Waals surface area contributed by atoms with E-state index in [-0.39, 0.29) is 5.78 Å². The molecular formula is C23H15N3O2. The number of carbonyl (C=O) groups is 1. The van der Waals surface area contributed by atoms with Crippen LogP contribution in [-0.2, 0) is 4.79 Å². The first-order valence-electron chi connectivity index (χ1n) is 9.00. The zero-order valence-corrected chi connectivity index (χ0v) is 14.8. The molecule has 28 heavy (non-hydrogen) atoms. The smallest absolute Gasteiger partial charge is 0.169 e. The normalized spacial score (nSPS) is 13.8. The molecule has 1 aliphatic rings. The molecule has 0 unspecified atom stereocenters. The molecule has 2 heterocycles. The molecular weight excluding hydrogens is 350 g/mol. The molecule has 134 valence electrons. The molecule has 0 amide bonds. The number of ether oxygens (including phenoxy) is 1. The number of benzene rings is 3. The summed E-state index contributed by atoms with van der Waals surface area (Å²) in [6.45, 7) is 0. The van der Waals surface area contributed by atoms with Crippen LogP contribution in [-0.4, -0.2) is 15.8 Å². The van der Waals surface area contributed by atoms with Crippen LogP contribution in [0.3, 0.4) is 0 Å². The van der Waals surface area contributed by atoms with E-state index in [4.69, 9.17) is 4.74 Å². The van der Waals surface area contributed by atoms with Crippen LogP contribution in [0, 0.1) is 11.3 Å². The van der Waals surface area contributed by atoms with Gasteiger partial charge in [-0.15, -0.1) is 0 Å². The lowest BCUT2D eigenvalue weighted by Crippen LogP contribution is -2.24. The fourth-order valence-corrected chi connectivity index (χ4v) is 3.75. The molecule has 0 spiro atoms. The first-order chi connectivity index (χ1) is 13.8. The molecule has 1 aromatic heterocycles. The van der Waals surface area contributed by atoms with Gasteiger partial charge in [0.2, 0.25) is 0 Å². The third-order valence-corrected chi connectivity index (χ3v) is 5.06. The molecule has 5 rings (SSSR count). The highest BCUT2D eigenvalue weighted by Crippen LogP contribution is 2.45. The number of nitrogens with one attached hydrogen (secondary N) is 1. The van der Waals surface area contributed by atoms with Crippen molar-refractivity contribution in [3.05, 3.63) is 89.7 Å². The van der Waals surface area contributed by atoms with E-state index in [2.05, 4.69) is 16.0 Å². The Hall–Kier alpha value is -3.91. The van der Waals surface area contributed by atoms with Gasteiger partial charge in [-0.05, 0) is 24.3 Å². The second kappa shape index (κ2) is 6.36. The fourth-order valence-electron chi connectivity index (χ4n) is 3.75. The highest BCUT2D eigenvalue weighted by Gasteiger charge is 2.38. The zero-order chi connectivity index (χ0) is 19.1. The van der Waals surface area contributed by atoms with E-state index >= 15 is 0 Å². The molecule has 4 aromatic rings. The van der Waals surface area contributed by atoms with Crippen LogP contribution in [0.25, 0.3) is 11.0 Å². The number of aromatic nitrogens is 2. The molecule has 1 atom stereocenters. The summed E-state index contributed by atoms with van der Waals surface area (Å²) >= 11 is 0. The van der Waals surface area contributed by atoms with Gasteiger partial charge in [0, 0.05) is 11.1 Å². The molecule has 1 N–H and O–H groups in total. The van der Waals surface area contributed by atoms with E-state index in [1.54, 1.807) is 0 Å². The summed E-state index contributed by atoms with van der Waals surface area (Å²) in [5.74, 6) is -0.155. The Morgan fingerprint density at radius 2 is 1.57 bits per heavy atom. The number of hydrogen-bond acceptors (Lipinski definition) is 4. The minimum atomic E-state index is -1.00. The van der Waals surface area contributed by atoms with Gasteiger partial charge in [-0.1, -0.05) is 48.5 Å². The number of fused-ring (bicyclic) bond motifs is 3. The van der Waals surface area contributed by atoms with Crippen molar-refractivity contribution in [2.45, 2.75) is 11.8 Å². The first kappa shape index (κ1) is 16.3. The second-order valence-electron chi connectivity index (χ2n) is 6.71. The van der Waals surface area contributed by atoms with Gasteiger partial charge in [0.15, 0.2) is 11.7 Å². The third-order valence-electron chi connectivity index (χ3n) is 5.06. The second-order valence-corrected chi connectivity index (χ2v) is 6.71. The number of carbonyl (C=O) groups excluding carboxylic acids is 1. The van der Waals surface area contributed by atoms with Crippen LogP contribution in [0.15, 0.2) is 72.8 Å². The number of rotatable bonds is 3. The molecule has 0 saturated carbocycles. The van der Waals surface area contributed by atoms with Crippen molar-refractivity contribution < 1.29 is 9.53 Å². The maximum absolute atomic E-state index is 13.6. The van der Waals surface area contributed by atoms with Crippen LogP contribution in [0.5, 0.6) is 11.5 Å². The number of hydrogen-bond donors (Lipinski definition) is 1. The van der Waals surface area contributed by atoms with Gasteiger partial charge >= 0.3 is 0 Å². The van der Waals surface area contributed by atoms with Crippen molar-refractivity contribution in [2.24, 2.45) is 0 Å². The van der Waals surface area contributed by atoms with E-state index in [1.807, 2.05) is 72.8 Å². The van der Waals surface area contributed by atoms with Gasteiger partial charge < -0.3 is 9.72 Å². The summed E-state index contributed by atoms with van der Waals surface area (Å²) in [6, 6.07) is 24.6. The summed E-state index contributed by atoms with van der Waals surface area (Å²) in [5, 5.41) is 9.84. The summed E-state index contributed by atoms with van der Waals surface area (Å²) in [4.78, 5) is 21.2. The van der Waals surface area contributed by atoms with E-state index in [0.29, 0.717) is 17.3 Å². The molecule has 3 aromatic carbocycles. The number of nitriles is 1. The van der Waals surface area contributed by atoms with Gasteiger partial charge in [0.1, 0.15) is 17.3 Å². The average Bonchev–Trinajstić information content (AvgIpc) is 3.16. The Labute approximate surface area is 161 Å². The van der Waals surface area contributed by atoms with Crippen LogP contribution in [0.1, 0.15) is 28.8 Å². The minimum absolute atomic E-state index is 0.218. The Kier molecular flexibility index (Phi) is 3.70. The number of ketones is 1. The van der Waals surface area contributed by atoms with E-state index < -0.39 is 11.8 Å². The minimum Gasteiger partial charge on any atom is -0.457 e. The number of imidazole rings is 1. The van der Waals surface area contributed by atoms with Crippen molar-refractivity contribution in [3.8, 4) is 17.6 Å². The Morgan fingerprint density at radius 3 is 2.21 bits per heavy atom. The molecule has 0 radical (unpaired) electrons. The number of nitrogens with zero attached hydrogens (tertiary/aromatic N) is 2. The lowest BCUT2D eigenvalue weighted by atomic mass is 9.80. The quantitative estimate of drug-likeness (QED) is 0.572. The van der Waals surface area contributed by atoms with Crippen molar-refractivity contribution in [1.82, 2.24) is 9.97 Å². The SMILES string of the molecule is N#C[C@H](C(=O)C1c2ccccc2Oc2ccccc21)c1nc2ccccc2[nH]1. The maximum Gasteiger partial charge on any atom is 0.169 e. The lowest BCUT2D eigenvalue weighted by Gasteiger charge is -2.28. The summed E-state index contributed by atoms with van der Waals surface area (Å²) in [7, 11) is 0. The molecule has 5 heteroatoms. The van der Waals surface area contributed by atoms with Crippen LogP contribution in [0.2, 0.25) is 0 Å². The molecule has 0 saturated heterocycles. The molecule has 0 bridgehead atoms. The summed E-state index contributed by atoms with van der Waals surface area (Å²) < 4.78 is 5.97. The summed E-state index contributed by atoms with van der Waals surface area (Å²) in [6.07, 6.45) is 0. The highest BCUT2D eigenvalue weighted by atomic mass is 16.5. The van der Waals surface area contributed by atoms with Gasteiger partial charge in [-0.25, -0.2) is 4.98 Å². The topological polar surface area (TPSA) is 78.8 Å². The van der Waals surface area contributed by atoms with Crippen LogP contribution >= 0.6 is 0 Å². The van der Waals surface area contributed by atoms with Crippen LogP contribution < -0.4 is 4.74 Å². The highest BCUT2D eigenvalue weighted by molar-refractivity contribution is 5.98. The average molecular weight is 365 g/mol. The van der Waals surface area contributed by atoms with Crippen molar-refractivity contribution in [3.63, 3.8) is 0 Å². The monoisotopic (exact) mass is 365 g/mol. The fraction of sp³-hybridized carbons (Fsp3) is 0.0870. The summed E-state index contributed by atoms with van der Waals surface area (Å²) in [5.41, 5.74) is 3.07. The van der Waals surface area contributed by atoms with Crippen molar-refractivity contribution >= 4 is 16.8 Å². The zero-order valence-electron chi connectivity index (χ0n) is 14.8. The van der Waals surface area contributed by atoms with E-state index in [0.717, 1.165) is 22.2 Å². The molecule has 1 aliphatic heterocycles. The Bertz CT molecular complexity index is 1170. The maximum atomic E-state index is 13.6. The van der Waals surface area contributed by atoms with Gasteiger partial charge in [-0.2, -0.15) is 5.26 Å². The van der Waals surface area contributed by atoms with Gasteiger partial charge in [0.05, 0.1) is 23.0 Å². The number of para-hydroxylation sites is 4. The van der Waals surface area contributed by atoms with Gasteiger partial charge in [-0.3, -0.25) is 4.79 Å². The molecule has 0 aliphatic carbocycles.